The van der Waals surface area contributed by atoms with E-state index in [4.69, 9.17) is 18.9 Å². The Bertz CT molecular complexity index is 1170. The van der Waals surface area contributed by atoms with Crippen molar-refractivity contribution in [2.45, 2.75) is 13.5 Å². The maximum atomic E-state index is 12.3. The number of hydrazone groups is 1. The number of ether oxygens (including phenoxy) is 4. The van der Waals surface area contributed by atoms with Crippen LogP contribution in [0.3, 0.4) is 0 Å². The van der Waals surface area contributed by atoms with Crippen molar-refractivity contribution >= 4 is 22.9 Å². The largest absolute Gasteiger partial charge is 0.503 e. The molecule has 0 amide bonds. The number of methoxy groups -OCH3 is 3. The number of benzene rings is 3. The van der Waals surface area contributed by atoms with Gasteiger partial charge in [-0.3, -0.25) is 5.43 Å². The van der Waals surface area contributed by atoms with Crippen LogP contribution in [0.5, 0.6) is 11.5 Å². The molecular formula is C27H28N2O5. The molecule has 0 radical (unpaired) electrons. The quantitative estimate of drug-likeness (QED) is 0.146. The van der Waals surface area contributed by atoms with Crippen LogP contribution < -0.4 is 14.9 Å². The summed E-state index contributed by atoms with van der Waals surface area (Å²) in [6.07, 6.45) is 1.37. The second-order valence-electron chi connectivity index (χ2n) is 7.25. The first-order valence-corrected chi connectivity index (χ1v) is 10.6. The average Bonchev–Trinajstić information content (AvgIpc) is 2.89. The smallest absolute Gasteiger partial charge is 0.341 e. The molecule has 3 aromatic carbocycles. The van der Waals surface area contributed by atoms with Gasteiger partial charge in [-0.05, 0) is 48.4 Å². The van der Waals surface area contributed by atoms with Crippen LogP contribution in [-0.4, -0.2) is 33.0 Å². The van der Waals surface area contributed by atoms with Gasteiger partial charge in [0.2, 0.25) is 0 Å². The van der Waals surface area contributed by atoms with E-state index in [1.807, 2.05) is 79.7 Å². The van der Waals surface area contributed by atoms with Crippen LogP contribution in [0.2, 0.25) is 0 Å². The molecule has 3 aromatic rings. The maximum absolute atomic E-state index is 12.3. The van der Waals surface area contributed by atoms with Gasteiger partial charge < -0.3 is 18.9 Å². The second-order valence-corrected chi connectivity index (χ2v) is 7.25. The number of hydrogen-bond acceptors (Lipinski definition) is 7. The van der Waals surface area contributed by atoms with Crippen molar-refractivity contribution < 1.29 is 23.7 Å². The third-order valence-corrected chi connectivity index (χ3v) is 5.04. The van der Waals surface area contributed by atoms with E-state index in [9.17, 15) is 4.79 Å². The predicted octanol–water partition coefficient (Wildman–Crippen LogP) is 5.27. The minimum Gasteiger partial charge on any atom is -0.503 e. The Morgan fingerprint density at radius 1 is 0.941 bits per heavy atom. The number of carbonyl (C=O) groups excluding carboxylic acids is 1. The van der Waals surface area contributed by atoms with Crippen molar-refractivity contribution in [3.8, 4) is 11.5 Å². The Kier molecular flexibility index (Phi) is 8.68. The lowest BCUT2D eigenvalue weighted by molar-refractivity contribution is -0.133. The number of rotatable bonds is 10. The van der Waals surface area contributed by atoms with Crippen molar-refractivity contribution in [2.24, 2.45) is 5.10 Å². The monoisotopic (exact) mass is 460 g/mol. The van der Waals surface area contributed by atoms with Crippen LogP contribution in [-0.2, 0) is 20.9 Å². The summed E-state index contributed by atoms with van der Waals surface area (Å²) in [5, 5.41) is 4.46. The van der Waals surface area contributed by atoms with Crippen LogP contribution in [0.1, 0.15) is 23.6 Å². The first kappa shape index (κ1) is 24.4. The normalized spacial score (nSPS) is 11.5. The summed E-state index contributed by atoms with van der Waals surface area (Å²) in [7, 11) is 4.40. The molecule has 0 saturated heterocycles. The SMILES string of the molecule is CO/C=C(/C(=O)OC)c1ccccc1COc1cc(/C(C)=N/Nc2ccccc2)ccc1OC. The first-order chi connectivity index (χ1) is 16.6. The summed E-state index contributed by atoms with van der Waals surface area (Å²) in [6.45, 7) is 2.11. The summed E-state index contributed by atoms with van der Waals surface area (Å²) >= 11 is 0. The molecule has 7 heteroatoms. The Morgan fingerprint density at radius 3 is 2.38 bits per heavy atom. The fourth-order valence-electron chi connectivity index (χ4n) is 3.25. The van der Waals surface area contributed by atoms with Crippen LogP contribution in [0.25, 0.3) is 5.57 Å². The number of nitrogens with one attached hydrogen (secondary N) is 1. The molecule has 0 spiro atoms. The highest BCUT2D eigenvalue weighted by Gasteiger charge is 2.17. The van der Waals surface area contributed by atoms with Crippen molar-refractivity contribution in [1.29, 1.82) is 0 Å². The van der Waals surface area contributed by atoms with Gasteiger partial charge in [-0.1, -0.05) is 42.5 Å². The van der Waals surface area contributed by atoms with Crippen molar-refractivity contribution in [3.05, 3.63) is 95.7 Å². The number of hydrogen-bond donors (Lipinski definition) is 1. The lowest BCUT2D eigenvalue weighted by Gasteiger charge is -2.15. The molecule has 1 N–H and O–H groups in total. The number of nitrogens with zero attached hydrogens (tertiary/aromatic N) is 1. The molecule has 176 valence electrons. The topological polar surface area (TPSA) is 78.4 Å². The summed E-state index contributed by atoms with van der Waals surface area (Å²) in [4.78, 5) is 12.3. The minimum atomic E-state index is -0.494. The van der Waals surface area contributed by atoms with Gasteiger partial charge in [0.25, 0.3) is 0 Å². The summed E-state index contributed by atoms with van der Waals surface area (Å²) in [5.74, 6) is 0.650. The predicted molar refractivity (Wildman–Crippen MR) is 133 cm³/mol. The van der Waals surface area contributed by atoms with Crippen LogP contribution >= 0.6 is 0 Å². The molecule has 0 aliphatic carbocycles. The van der Waals surface area contributed by atoms with Crippen LogP contribution in [0.15, 0.2) is 84.2 Å². The Hall–Kier alpha value is -4.26. The van der Waals surface area contributed by atoms with E-state index >= 15 is 0 Å². The average molecular weight is 461 g/mol. The van der Waals surface area contributed by atoms with Gasteiger partial charge in [-0.15, -0.1) is 0 Å². The molecule has 0 fully saturated rings. The lowest BCUT2D eigenvalue weighted by atomic mass is 10.0. The molecule has 0 unspecified atom stereocenters. The highest BCUT2D eigenvalue weighted by molar-refractivity contribution is 6.16. The molecular weight excluding hydrogens is 432 g/mol. The number of anilines is 1. The number of carbonyl (C=O) groups is 1. The molecule has 0 heterocycles. The van der Waals surface area contributed by atoms with E-state index in [1.54, 1.807) is 7.11 Å². The molecule has 7 nitrogen and oxygen atoms in total. The molecule has 0 atom stereocenters. The van der Waals surface area contributed by atoms with E-state index in [0.29, 0.717) is 22.6 Å². The van der Waals surface area contributed by atoms with E-state index < -0.39 is 5.97 Å². The van der Waals surface area contributed by atoms with E-state index in [-0.39, 0.29) is 6.61 Å². The highest BCUT2D eigenvalue weighted by Crippen LogP contribution is 2.30. The third-order valence-electron chi connectivity index (χ3n) is 5.04. The Balaban J connectivity index is 1.84. The summed E-state index contributed by atoms with van der Waals surface area (Å²) in [5.41, 5.74) is 7.37. The van der Waals surface area contributed by atoms with Gasteiger partial charge in [-0.2, -0.15) is 5.10 Å². The second kappa shape index (κ2) is 12.1. The zero-order chi connectivity index (χ0) is 24.3. The summed E-state index contributed by atoms with van der Waals surface area (Å²) < 4.78 is 21.6. The molecule has 34 heavy (non-hydrogen) atoms. The maximum Gasteiger partial charge on any atom is 0.341 e. The summed E-state index contributed by atoms with van der Waals surface area (Å²) in [6, 6.07) is 22.8. The van der Waals surface area contributed by atoms with Gasteiger partial charge in [0.05, 0.1) is 39.0 Å². The number of para-hydroxylation sites is 1. The zero-order valence-corrected chi connectivity index (χ0v) is 19.7. The van der Waals surface area contributed by atoms with Gasteiger partial charge in [0.1, 0.15) is 12.2 Å². The highest BCUT2D eigenvalue weighted by atomic mass is 16.5. The number of esters is 1. The first-order valence-electron chi connectivity index (χ1n) is 10.6. The van der Waals surface area contributed by atoms with Gasteiger partial charge in [0, 0.05) is 5.56 Å². The van der Waals surface area contributed by atoms with E-state index in [0.717, 1.165) is 22.5 Å². The van der Waals surface area contributed by atoms with E-state index in [1.165, 1.54) is 20.5 Å². The van der Waals surface area contributed by atoms with Gasteiger partial charge >= 0.3 is 5.97 Å². The molecule has 0 saturated carbocycles. The fourth-order valence-corrected chi connectivity index (χ4v) is 3.25. The molecule has 0 aliphatic rings. The van der Waals surface area contributed by atoms with Crippen LogP contribution in [0, 0.1) is 0 Å². The fraction of sp³-hybridized carbons (Fsp3) is 0.185. The third kappa shape index (κ3) is 6.16. The molecule has 3 rings (SSSR count). The van der Waals surface area contributed by atoms with E-state index in [2.05, 4.69) is 10.5 Å². The molecule has 0 bridgehead atoms. The van der Waals surface area contributed by atoms with Crippen LogP contribution in [0.4, 0.5) is 5.69 Å². The Labute approximate surface area is 199 Å². The molecule has 0 aliphatic heterocycles. The minimum absolute atomic E-state index is 0.201. The lowest BCUT2D eigenvalue weighted by Crippen LogP contribution is -2.09. The van der Waals surface area contributed by atoms with Crippen molar-refractivity contribution in [3.63, 3.8) is 0 Å². The zero-order valence-electron chi connectivity index (χ0n) is 19.7. The Morgan fingerprint density at radius 2 is 1.68 bits per heavy atom. The van der Waals surface area contributed by atoms with Gasteiger partial charge in [0.15, 0.2) is 11.5 Å². The van der Waals surface area contributed by atoms with Crippen molar-refractivity contribution in [2.75, 3.05) is 26.8 Å². The van der Waals surface area contributed by atoms with Gasteiger partial charge in [-0.25, -0.2) is 4.79 Å². The molecule has 0 aromatic heterocycles. The standard InChI is InChI=1S/C27H28N2O5/c1-19(28-29-22-11-6-5-7-12-22)20-14-15-25(32-3)26(16-20)34-17-21-10-8-9-13-23(21)24(18-31-2)27(30)33-4/h5-16,18,29H,17H2,1-4H3/b24-18+,28-19+. The van der Waals surface area contributed by atoms with Crippen molar-refractivity contribution in [1.82, 2.24) is 0 Å².